The molecule has 112 valence electrons. The molecule has 2 atom stereocenters. The van der Waals surface area contributed by atoms with Gasteiger partial charge in [0.2, 0.25) is 0 Å². The molecule has 0 aromatic heterocycles. The molecule has 2 rings (SSSR count). The third-order valence-electron chi connectivity index (χ3n) is 3.73. The molecule has 1 fully saturated rings. The molecule has 0 bridgehead atoms. The van der Waals surface area contributed by atoms with E-state index in [0.29, 0.717) is 5.75 Å². The Kier molecular flexibility index (Phi) is 3.82. The summed E-state index contributed by atoms with van der Waals surface area (Å²) in [5, 5.41) is 0. The van der Waals surface area contributed by atoms with E-state index in [1.165, 1.54) is 12.1 Å². The summed E-state index contributed by atoms with van der Waals surface area (Å²) in [5.41, 5.74) is 6.09. The monoisotopic (exact) mass is 281 g/mol. The van der Waals surface area contributed by atoms with Gasteiger partial charge in [0.1, 0.15) is 23.3 Å². The van der Waals surface area contributed by atoms with E-state index in [-0.39, 0.29) is 23.6 Å². The van der Waals surface area contributed by atoms with Crippen LogP contribution in [-0.2, 0) is 4.74 Å². The number of rotatable bonds is 3. The molecular formula is C16H24FNO2. The number of nitrogens with two attached hydrogens (primary N) is 1. The fourth-order valence-electron chi connectivity index (χ4n) is 2.84. The maximum absolute atomic E-state index is 13.5. The number of ether oxygens (including phenoxy) is 2. The number of benzene rings is 1. The lowest BCUT2D eigenvalue weighted by Crippen LogP contribution is -2.37. The first-order valence-corrected chi connectivity index (χ1v) is 7.02. The van der Waals surface area contributed by atoms with Crippen LogP contribution in [0.1, 0.15) is 52.6 Å². The van der Waals surface area contributed by atoms with Crippen molar-refractivity contribution in [3.05, 3.63) is 29.6 Å². The van der Waals surface area contributed by atoms with Crippen LogP contribution in [0.25, 0.3) is 0 Å². The lowest BCUT2D eigenvalue weighted by molar-refractivity contribution is -0.0847. The lowest BCUT2D eigenvalue weighted by atomic mass is 9.97. The van der Waals surface area contributed by atoms with Crippen LogP contribution in [0.2, 0.25) is 0 Å². The molecule has 1 aromatic rings. The molecule has 0 radical (unpaired) electrons. The topological polar surface area (TPSA) is 44.5 Å². The number of halogens is 1. The Morgan fingerprint density at radius 1 is 1.35 bits per heavy atom. The van der Waals surface area contributed by atoms with Gasteiger partial charge in [0, 0.05) is 24.1 Å². The summed E-state index contributed by atoms with van der Waals surface area (Å²) < 4.78 is 25.5. The Morgan fingerprint density at radius 2 is 2.00 bits per heavy atom. The molecule has 2 N–H and O–H groups in total. The molecule has 1 heterocycles. The molecular weight excluding hydrogens is 257 g/mol. The zero-order chi connectivity index (χ0) is 15.1. The second kappa shape index (κ2) is 5.01. The van der Waals surface area contributed by atoms with Crippen molar-refractivity contribution < 1.29 is 13.9 Å². The summed E-state index contributed by atoms with van der Waals surface area (Å²) in [7, 11) is 0. The van der Waals surface area contributed by atoms with Gasteiger partial charge in [-0.1, -0.05) is 6.07 Å². The summed E-state index contributed by atoms with van der Waals surface area (Å²) in [6, 6.07) is 4.29. The molecule has 20 heavy (non-hydrogen) atoms. The average molecular weight is 281 g/mol. The van der Waals surface area contributed by atoms with Gasteiger partial charge in [-0.05, 0) is 40.7 Å². The summed E-state index contributed by atoms with van der Waals surface area (Å²) in [6.45, 7) is 9.93. The largest absolute Gasteiger partial charge is 0.487 e. The van der Waals surface area contributed by atoms with E-state index in [1.54, 1.807) is 6.07 Å². The summed E-state index contributed by atoms with van der Waals surface area (Å²) in [5.74, 6) is 0.194. The van der Waals surface area contributed by atoms with Gasteiger partial charge in [0.15, 0.2) is 0 Å². The van der Waals surface area contributed by atoms with Crippen LogP contribution in [0, 0.1) is 5.82 Å². The minimum Gasteiger partial charge on any atom is -0.487 e. The molecule has 0 aliphatic carbocycles. The number of hydrogen-bond acceptors (Lipinski definition) is 3. The molecule has 0 amide bonds. The maximum atomic E-state index is 13.5. The minimum atomic E-state index is -0.412. The second-order valence-electron chi connectivity index (χ2n) is 6.75. The van der Waals surface area contributed by atoms with Crippen LogP contribution in [0.4, 0.5) is 4.39 Å². The van der Waals surface area contributed by atoms with Gasteiger partial charge in [-0.3, -0.25) is 0 Å². The van der Waals surface area contributed by atoms with Crippen molar-refractivity contribution in [3.63, 3.8) is 0 Å². The van der Waals surface area contributed by atoms with Gasteiger partial charge in [0.05, 0.1) is 5.60 Å². The van der Waals surface area contributed by atoms with Gasteiger partial charge in [-0.25, -0.2) is 4.39 Å². The maximum Gasteiger partial charge on any atom is 0.130 e. The normalized spacial score (nSPS) is 25.4. The molecule has 4 heteroatoms. The first-order chi connectivity index (χ1) is 9.11. The highest BCUT2D eigenvalue weighted by Crippen LogP contribution is 2.40. The SMILES string of the molecule is C[C@@H](N)c1ccc(F)cc1OC1CC(C)(C)OC1(C)C. The van der Waals surface area contributed by atoms with Crippen molar-refractivity contribution in [1.82, 2.24) is 0 Å². The smallest absolute Gasteiger partial charge is 0.130 e. The van der Waals surface area contributed by atoms with Crippen molar-refractivity contribution in [2.75, 3.05) is 0 Å². The molecule has 1 aliphatic heterocycles. The molecule has 0 spiro atoms. The molecule has 1 aromatic carbocycles. The Labute approximate surface area is 120 Å². The molecule has 3 nitrogen and oxygen atoms in total. The first-order valence-electron chi connectivity index (χ1n) is 7.02. The minimum absolute atomic E-state index is 0.128. The van der Waals surface area contributed by atoms with Crippen molar-refractivity contribution >= 4 is 0 Å². The fourth-order valence-corrected chi connectivity index (χ4v) is 2.84. The second-order valence-corrected chi connectivity index (χ2v) is 6.75. The van der Waals surface area contributed by atoms with Crippen molar-refractivity contribution in [2.24, 2.45) is 5.73 Å². The highest BCUT2D eigenvalue weighted by molar-refractivity contribution is 5.36. The lowest BCUT2D eigenvalue weighted by Gasteiger charge is -2.28. The van der Waals surface area contributed by atoms with E-state index in [1.807, 2.05) is 34.6 Å². The zero-order valence-corrected chi connectivity index (χ0v) is 12.9. The van der Waals surface area contributed by atoms with E-state index >= 15 is 0 Å². The van der Waals surface area contributed by atoms with Gasteiger partial charge in [-0.2, -0.15) is 0 Å². The van der Waals surface area contributed by atoms with Crippen LogP contribution in [-0.4, -0.2) is 17.3 Å². The third-order valence-corrected chi connectivity index (χ3v) is 3.73. The Hall–Kier alpha value is -1.13. The Balaban J connectivity index is 2.28. The van der Waals surface area contributed by atoms with E-state index in [0.717, 1.165) is 12.0 Å². The highest BCUT2D eigenvalue weighted by atomic mass is 19.1. The van der Waals surface area contributed by atoms with Crippen LogP contribution in [0.5, 0.6) is 5.75 Å². The van der Waals surface area contributed by atoms with E-state index < -0.39 is 5.60 Å². The predicted molar refractivity (Wildman–Crippen MR) is 77.3 cm³/mol. The molecule has 1 saturated heterocycles. The van der Waals surface area contributed by atoms with Crippen molar-refractivity contribution in [1.29, 1.82) is 0 Å². The highest BCUT2D eigenvalue weighted by Gasteiger charge is 2.47. The molecule has 1 aliphatic rings. The van der Waals surface area contributed by atoms with Gasteiger partial charge < -0.3 is 15.2 Å². The van der Waals surface area contributed by atoms with Gasteiger partial charge in [-0.15, -0.1) is 0 Å². The van der Waals surface area contributed by atoms with Crippen LogP contribution in [0.3, 0.4) is 0 Å². The quantitative estimate of drug-likeness (QED) is 0.921. The van der Waals surface area contributed by atoms with E-state index in [9.17, 15) is 4.39 Å². The number of hydrogen-bond donors (Lipinski definition) is 1. The standard InChI is InChI=1S/C16H24FNO2/c1-10(18)12-7-6-11(17)8-13(12)19-14-9-15(2,3)20-16(14,4)5/h6-8,10,14H,9,18H2,1-5H3/t10-,14?/m1/s1. The van der Waals surface area contributed by atoms with Gasteiger partial charge >= 0.3 is 0 Å². The van der Waals surface area contributed by atoms with Crippen molar-refractivity contribution in [2.45, 2.75) is 64.4 Å². The van der Waals surface area contributed by atoms with Crippen molar-refractivity contribution in [3.8, 4) is 5.75 Å². The molecule has 0 saturated carbocycles. The van der Waals surface area contributed by atoms with Gasteiger partial charge in [0.25, 0.3) is 0 Å². The first kappa shape index (κ1) is 15.3. The summed E-state index contributed by atoms with van der Waals surface area (Å²) >= 11 is 0. The Bertz CT molecular complexity index is 497. The average Bonchev–Trinajstić information content (AvgIpc) is 2.46. The summed E-state index contributed by atoms with van der Waals surface area (Å²) in [6.07, 6.45) is 0.631. The van der Waals surface area contributed by atoms with Crippen LogP contribution >= 0.6 is 0 Å². The predicted octanol–water partition coefficient (Wildman–Crippen LogP) is 3.57. The van der Waals surface area contributed by atoms with E-state index in [4.69, 9.17) is 15.2 Å². The zero-order valence-electron chi connectivity index (χ0n) is 12.9. The van der Waals surface area contributed by atoms with Crippen LogP contribution in [0.15, 0.2) is 18.2 Å². The Morgan fingerprint density at radius 3 is 2.50 bits per heavy atom. The molecule has 1 unspecified atom stereocenters. The third kappa shape index (κ3) is 3.13. The summed E-state index contributed by atoms with van der Waals surface area (Å²) in [4.78, 5) is 0. The van der Waals surface area contributed by atoms with E-state index in [2.05, 4.69) is 0 Å². The van der Waals surface area contributed by atoms with Crippen LogP contribution < -0.4 is 10.5 Å². The fraction of sp³-hybridized carbons (Fsp3) is 0.625.